The molecule has 5 fully saturated rings. The fourth-order valence-electron chi connectivity index (χ4n) is 8.81. The maximum Gasteiger partial charge on any atom is 0.306 e. The van der Waals surface area contributed by atoms with Crippen molar-refractivity contribution < 1.29 is 33.4 Å². The molecule has 0 radical (unpaired) electrons. The van der Waals surface area contributed by atoms with Gasteiger partial charge in [-0.25, -0.2) is 0 Å². The van der Waals surface area contributed by atoms with E-state index in [4.69, 9.17) is 14.2 Å². The van der Waals surface area contributed by atoms with Crippen molar-refractivity contribution >= 4 is 23.5 Å². The molecule has 3 saturated carbocycles. The number of Topliss-reactive ketones (excluding diaryl/α,β-unsaturated/α-hetero) is 2. The highest BCUT2D eigenvalue weighted by Gasteiger charge is 2.84. The summed E-state index contributed by atoms with van der Waals surface area (Å²) in [6.07, 6.45) is 3.46. The van der Waals surface area contributed by atoms with Gasteiger partial charge in [0.15, 0.2) is 0 Å². The summed E-state index contributed by atoms with van der Waals surface area (Å²) in [6, 6.07) is 0. The molecule has 0 aromatic rings. The Morgan fingerprint density at radius 2 is 1.82 bits per heavy atom. The van der Waals surface area contributed by atoms with Gasteiger partial charge in [-0.2, -0.15) is 0 Å². The minimum absolute atomic E-state index is 0.0602. The van der Waals surface area contributed by atoms with Gasteiger partial charge in [-0.15, -0.1) is 0 Å². The van der Waals surface area contributed by atoms with Crippen LogP contribution in [0.2, 0.25) is 0 Å². The largest absolute Gasteiger partial charge is 0.466 e. The number of esters is 2. The van der Waals surface area contributed by atoms with Crippen molar-refractivity contribution in [3.63, 3.8) is 0 Å². The molecular formula is C26H36O7. The SMILES string of the molecule is CCOC(=O)CC[C@@]1(C)CC(=O)CC2C13OC3C[C@]1(C)[C@@H]([C@@]3(C)CCC(=O)O3)C(=O)C[C@@]21C. The molecule has 7 nitrogen and oxygen atoms in total. The summed E-state index contributed by atoms with van der Waals surface area (Å²) >= 11 is 0. The average Bonchev–Trinajstić information content (AvgIpc) is 3.24. The van der Waals surface area contributed by atoms with Crippen LogP contribution in [-0.2, 0) is 33.4 Å². The molecule has 8 atom stereocenters. The molecule has 0 aromatic carbocycles. The van der Waals surface area contributed by atoms with Gasteiger partial charge in [0.25, 0.3) is 0 Å². The number of fused-ring (bicyclic) bond motifs is 2. The molecule has 2 heterocycles. The van der Waals surface area contributed by atoms with Gasteiger partial charge in [-0.1, -0.05) is 20.8 Å². The minimum atomic E-state index is -0.804. The van der Waals surface area contributed by atoms with Gasteiger partial charge in [0.2, 0.25) is 0 Å². The lowest BCUT2D eigenvalue weighted by atomic mass is 9.42. The predicted octanol–water partition coefficient (Wildman–Crippen LogP) is 3.55. The molecule has 0 amide bonds. The van der Waals surface area contributed by atoms with Crippen LogP contribution in [0.25, 0.3) is 0 Å². The van der Waals surface area contributed by atoms with E-state index in [1.807, 2.05) is 6.92 Å². The van der Waals surface area contributed by atoms with Gasteiger partial charge >= 0.3 is 11.9 Å². The summed E-state index contributed by atoms with van der Waals surface area (Å²) in [5.74, 6) is -0.676. The van der Waals surface area contributed by atoms with Crippen LogP contribution in [0.3, 0.4) is 0 Å². The number of rotatable bonds is 5. The van der Waals surface area contributed by atoms with Crippen LogP contribution in [0.1, 0.15) is 86.0 Å². The quantitative estimate of drug-likeness (QED) is 0.457. The Hall–Kier alpha value is -1.76. The highest BCUT2D eigenvalue weighted by atomic mass is 16.6. The van der Waals surface area contributed by atoms with Crippen LogP contribution in [-0.4, -0.2) is 47.4 Å². The zero-order chi connectivity index (χ0) is 24.0. The first-order valence-electron chi connectivity index (χ1n) is 12.4. The Balaban J connectivity index is 1.51. The molecule has 0 bridgehead atoms. The zero-order valence-corrected chi connectivity index (χ0v) is 20.5. The maximum atomic E-state index is 13.6. The summed E-state index contributed by atoms with van der Waals surface area (Å²) in [5.41, 5.74) is -2.65. The first-order valence-corrected chi connectivity index (χ1v) is 12.4. The highest BCUT2D eigenvalue weighted by molar-refractivity contribution is 5.89. The molecule has 0 N–H and O–H groups in total. The smallest absolute Gasteiger partial charge is 0.306 e. The van der Waals surface area contributed by atoms with Crippen molar-refractivity contribution in [2.45, 2.75) is 103 Å². The maximum absolute atomic E-state index is 13.6. The number of ether oxygens (including phenoxy) is 3. The van der Waals surface area contributed by atoms with Gasteiger partial charge in [0, 0.05) is 43.4 Å². The van der Waals surface area contributed by atoms with E-state index in [1.165, 1.54) is 0 Å². The minimum Gasteiger partial charge on any atom is -0.466 e. The third kappa shape index (κ3) is 2.83. The molecule has 2 aliphatic heterocycles. The summed E-state index contributed by atoms with van der Waals surface area (Å²) in [7, 11) is 0. The van der Waals surface area contributed by atoms with Crippen LogP contribution in [0.15, 0.2) is 0 Å². The molecule has 182 valence electrons. The molecule has 3 aliphatic carbocycles. The Kier molecular flexibility index (Phi) is 4.81. The number of carbonyl (C=O) groups excluding carboxylic acids is 4. The van der Waals surface area contributed by atoms with Crippen LogP contribution < -0.4 is 0 Å². The lowest BCUT2D eigenvalue weighted by Crippen LogP contribution is -2.63. The second kappa shape index (κ2) is 6.89. The zero-order valence-electron chi connectivity index (χ0n) is 20.5. The Morgan fingerprint density at radius 1 is 1.09 bits per heavy atom. The number of hydrogen-bond acceptors (Lipinski definition) is 7. The van der Waals surface area contributed by atoms with Gasteiger partial charge in [-0.3, -0.25) is 19.2 Å². The fraction of sp³-hybridized carbons (Fsp3) is 0.846. The van der Waals surface area contributed by atoms with Crippen LogP contribution in [0.5, 0.6) is 0 Å². The van der Waals surface area contributed by atoms with Gasteiger partial charge < -0.3 is 14.2 Å². The van der Waals surface area contributed by atoms with Gasteiger partial charge in [0.1, 0.15) is 22.8 Å². The van der Waals surface area contributed by atoms with Crippen molar-refractivity contribution in [1.29, 1.82) is 0 Å². The van der Waals surface area contributed by atoms with Crippen molar-refractivity contribution in [2.24, 2.45) is 28.1 Å². The van der Waals surface area contributed by atoms with E-state index in [1.54, 1.807) is 6.92 Å². The van der Waals surface area contributed by atoms with E-state index >= 15 is 0 Å². The van der Waals surface area contributed by atoms with E-state index in [9.17, 15) is 19.2 Å². The molecule has 5 aliphatic rings. The average molecular weight is 461 g/mol. The Bertz CT molecular complexity index is 943. The molecule has 3 unspecified atom stereocenters. The van der Waals surface area contributed by atoms with Crippen LogP contribution in [0, 0.1) is 28.1 Å². The summed E-state index contributed by atoms with van der Waals surface area (Å²) in [4.78, 5) is 50.9. The van der Waals surface area contributed by atoms with Crippen molar-refractivity contribution in [1.82, 2.24) is 0 Å². The Labute approximate surface area is 195 Å². The lowest BCUT2D eigenvalue weighted by Gasteiger charge is -2.59. The standard InChI is InChI=1S/C26H36O7/c1-6-31-19(29)7-9-22(2)12-15(27)11-17-23(3)13-16(28)21(25(5)10-8-20(30)33-25)24(23,4)14-18-26(17,22)32-18/h17-18,21H,6-14H2,1-5H3/t17?,18?,21-,22-,23-,24+,25+,26?/m0/s1. The number of carbonyl (C=O) groups is 4. The predicted molar refractivity (Wildman–Crippen MR) is 117 cm³/mol. The van der Waals surface area contributed by atoms with E-state index in [-0.39, 0.29) is 41.9 Å². The van der Waals surface area contributed by atoms with Crippen LogP contribution in [0.4, 0.5) is 0 Å². The molecule has 33 heavy (non-hydrogen) atoms. The number of hydrogen-bond donors (Lipinski definition) is 0. The highest BCUT2D eigenvalue weighted by Crippen LogP contribution is 2.79. The molecule has 5 rings (SSSR count). The van der Waals surface area contributed by atoms with E-state index in [0.29, 0.717) is 51.6 Å². The third-order valence-electron chi connectivity index (χ3n) is 10.4. The molecule has 0 aromatic heterocycles. The first kappa shape index (κ1) is 23.0. The fourth-order valence-corrected chi connectivity index (χ4v) is 8.81. The van der Waals surface area contributed by atoms with Crippen molar-refractivity contribution in [3.8, 4) is 0 Å². The van der Waals surface area contributed by atoms with Crippen molar-refractivity contribution in [2.75, 3.05) is 6.61 Å². The van der Waals surface area contributed by atoms with Crippen molar-refractivity contribution in [3.05, 3.63) is 0 Å². The second-order valence-corrected chi connectivity index (χ2v) is 12.1. The lowest BCUT2D eigenvalue weighted by molar-refractivity contribution is -0.168. The summed E-state index contributed by atoms with van der Waals surface area (Å²) in [5, 5.41) is 0. The number of cyclic esters (lactones) is 1. The first-order chi connectivity index (χ1) is 15.4. The second-order valence-electron chi connectivity index (χ2n) is 12.1. The van der Waals surface area contributed by atoms with Crippen LogP contribution >= 0.6 is 0 Å². The monoisotopic (exact) mass is 460 g/mol. The molecular weight excluding hydrogens is 424 g/mol. The van der Waals surface area contributed by atoms with Gasteiger partial charge in [-0.05, 0) is 43.9 Å². The summed E-state index contributed by atoms with van der Waals surface area (Å²) < 4.78 is 17.5. The summed E-state index contributed by atoms with van der Waals surface area (Å²) in [6.45, 7) is 10.4. The van der Waals surface area contributed by atoms with E-state index < -0.39 is 33.4 Å². The molecule has 2 saturated heterocycles. The topological polar surface area (TPSA) is 99.3 Å². The van der Waals surface area contributed by atoms with E-state index in [0.717, 1.165) is 0 Å². The normalized spacial score (nSPS) is 50.3. The Morgan fingerprint density at radius 3 is 2.45 bits per heavy atom. The third-order valence-corrected chi connectivity index (χ3v) is 10.4. The molecule has 1 spiro atoms. The van der Waals surface area contributed by atoms with E-state index in [2.05, 4.69) is 20.8 Å². The molecule has 7 heteroatoms. The number of epoxide rings is 1. The van der Waals surface area contributed by atoms with Gasteiger partial charge in [0.05, 0.1) is 18.6 Å². The number of ketones is 2.